The molecule has 2 nitrogen and oxygen atoms in total. The predicted octanol–water partition coefficient (Wildman–Crippen LogP) is 1.52. The van der Waals surface area contributed by atoms with E-state index in [0.717, 1.165) is 12.3 Å². The van der Waals surface area contributed by atoms with Crippen LogP contribution in [0, 0.1) is 11.8 Å². The van der Waals surface area contributed by atoms with Crippen molar-refractivity contribution >= 4 is 5.84 Å². The van der Waals surface area contributed by atoms with E-state index in [1.807, 2.05) is 14.0 Å². The normalized spacial score (nSPS) is 22.9. The Morgan fingerprint density at radius 2 is 2.33 bits per heavy atom. The molecule has 0 amide bonds. The first-order chi connectivity index (χ1) is 5.75. The van der Waals surface area contributed by atoms with E-state index in [4.69, 9.17) is 0 Å². The zero-order valence-corrected chi connectivity index (χ0v) is 8.09. The molecule has 0 bridgehead atoms. The fourth-order valence-electron chi connectivity index (χ4n) is 1.32. The van der Waals surface area contributed by atoms with E-state index in [1.165, 1.54) is 12.8 Å². The van der Waals surface area contributed by atoms with Crippen molar-refractivity contribution in [2.45, 2.75) is 32.2 Å². The Morgan fingerprint density at radius 1 is 1.58 bits per heavy atom. The molecule has 12 heavy (non-hydrogen) atoms. The summed E-state index contributed by atoms with van der Waals surface area (Å²) in [7, 11) is 3.88. The van der Waals surface area contributed by atoms with Gasteiger partial charge in [0, 0.05) is 20.5 Å². The van der Waals surface area contributed by atoms with Gasteiger partial charge in [-0.15, -0.1) is 5.92 Å². The molecule has 0 aromatic rings. The molecular formula is C10H16N2. The molecule has 2 heteroatoms. The minimum atomic E-state index is 0.391. The highest BCUT2D eigenvalue weighted by Gasteiger charge is 2.13. The van der Waals surface area contributed by atoms with Gasteiger partial charge >= 0.3 is 0 Å². The van der Waals surface area contributed by atoms with Crippen LogP contribution in [0.5, 0.6) is 0 Å². The van der Waals surface area contributed by atoms with Gasteiger partial charge in [0.15, 0.2) is 0 Å². The Bertz CT molecular complexity index is 232. The lowest BCUT2D eigenvalue weighted by molar-refractivity contribution is 0.400. The Kier molecular flexibility index (Phi) is 3.16. The van der Waals surface area contributed by atoms with Crippen LogP contribution < -0.4 is 0 Å². The highest BCUT2D eigenvalue weighted by molar-refractivity contribution is 5.79. The van der Waals surface area contributed by atoms with E-state index in [0.29, 0.717) is 6.04 Å². The van der Waals surface area contributed by atoms with Crippen LogP contribution in [0.3, 0.4) is 0 Å². The summed E-state index contributed by atoms with van der Waals surface area (Å²) in [6, 6.07) is 0.391. The van der Waals surface area contributed by atoms with Crippen molar-refractivity contribution in [1.82, 2.24) is 4.90 Å². The summed E-state index contributed by atoms with van der Waals surface area (Å²) < 4.78 is 0. The molecule has 1 aliphatic rings. The smallest absolute Gasteiger partial charge is 0.0961 e. The molecule has 0 saturated carbocycles. The molecule has 0 heterocycles. The van der Waals surface area contributed by atoms with Gasteiger partial charge in [-0.25, -0.2) is 0 Å². The fraction of sp³-hybridized carbons (Fsp3) is 0.700. The standard InChI is InChI=1S/C10H16N2/c1-9(11-2)12(3)10-7-5-4-6-8-10/h10H,4-5,7H2,1-3H3/t10-/m0/s1. The molecule has 0 saturated heterocycles. The van der Waals surface area contributed by atoms with Crippen LogP contribution in [0.15, 0.2) is 4.99 Å². The average molecular weight is 164 g/mol. The minimum absolute atomic E-state index is 0.391. The van der Waals surface area contributed by atoms with Crippen LogP contribution in [-0.4, -0.2) is 30.9 Å². The molecule has 0 aromatic carbocycles. The van der Waals surface area contributed by atoms with Gasteiger partial charge in [0.25, 0.3) is 0 Å². The third kappa shape index (κ3) is 2.01. The SMILES string of the molecule is CN=C(C)N(C)[C@@H]1C#CCCC1. The maximum Gasteiger partial charge on any atom is 0.0961 e. The van der Waals surface area contributed by atoms with E-state index in [9.17, 15) is 0 Å². The Labute approximate surface area is 74.7 Å². The number of nitrogens with zero attached hydrogens (tertiary/aromatic N) is 2. The molecular weight excluding hydrogens is 148 g/mol. The summed E-state index contributed by atoms with van der Waals surface area (Å²) in [5, 5.41) is 0. The Balaban J connectivity index is 2.61. The van der Waals surface area contributed by atoms with Crippen LogP contribution in [0.1, 0.15) is 26.2 Å². The molecule has 1 aliphatic carbocycles. The molecule has 0 radical (unpaired) electrons. The molecule has 0 fully saturated rings. The van der Waals surface area contributed by atoms with Crippen molar-refractivity contribution in [3.8, 4) is 11.8 Å². The van der Waals surface area contributed by atoms with Gasteiger partial charge in [-0.3, -0.25) is 4.99 Å². The molecule has 66 valence electrons. The average Bonchev–Trinajstić information content (AvgIpc) is 2.17. The number of aliphatic imine (C=N–C) groups is 1. The molecule has 0 unspecified atom stereocenters. The second-order valence-corrected chi connectivity index (χ2v) is 3.11. The maximum absolute atomic E-state index is 4.14. The lowest BCUT2D eigenvalue weighted by Gasteiger charge is -2.26. The van der Waals surface area contributed by atoms with Crippen LogP contribution in [0.25, 0.3) is 0 Å². The zero-order chi connectivity index (χ0) is 8.97. The molecule has 0 spiro atoms. The monoisotopic (exact) mass is 164 g/mol. The molecule has 1 rings (SSSR count). The van der Waals surface area contributed by atoms with Gasteiger partial charge in [-0.05, 0) is 19.8 Å². The van der Waals surface area contributed by atoms with Gasteiger partial charge < -0.3 is 4.90 Å². The Morgan fingerprint density at radius 3 is 2.83 bits per heavy atom. The van der Waals surface area contributed by atoms with E-state index in [2.05, 4.69) is 28.8 Å². The van der Waals surface area contributed by atoms with Gasteiger partial charge in [-0.1, -0.05) is 5.92 Å². The van der Waals surface area contributed by atoms with E-state index in [1.54, 1.807) is 0 Å². The minimum Gasteiger partial charge on any atom is -0.350 e. The number of amidine groups is 1. The summed E-state index contributed by atoms with van der Waals surface area (Å²) in [4.78, 5) is 6.30. The zero-order valence-electron chi connectivity index (χ0n) is 8.09. The summed E-state index contributed by atoms with van der Waals surface area (Å²) in [5.41, 5.74) is 0. The van der Waals surface area contributed by atoms with Gasteiger partial charge in [0.2, 0.25) is 0 Å². The van der Waals surface area contributed by atoms with E-state index >= 15 is 0 Å². The van der Waals surface area contributed by atoms with Crippen molar-refractivity contribution in [1.29, 1.82) is 0 Å². The van der Waals surface area contributed by atoms with Crippen molar-refractivity contribution < 1.29 is 0 Å². The summed E-state index contributed by atoms with van der Waals surface area (Å²) in [6.07, 6.45) is 3.46. The van der Waals surface area contributed by atoms with Crippen LogP contribution in [0.4, 0.5) is 0 Å². The van der Waals surface area contributed by atoms with Crippen molar-refractivity contribution in [2.24, 2.45) is 4.99 Å². The van der Waals surface area contributed by atoms with Crippen molar-refractivity contribution in [3.63, 3.8) is 0 Å². The lowest BCUT2D eigenvalue weighted by atomic mass is 10.0. The number of hydrogen-bond donors (Lipinski definition) is 0. The second kappa shape index (κ2) is 4.15. The summed E-state index contributed by atoms with van der Waals surface area (Å²) in [5.74, 6) is 7.44. The molecule has 0 aliphatic heterocycles. The topological polar surface area (TPSA) is 15.6 Å². The molecule has 0 aromatic heterocycles. The van der Waals surface area contributed by atoms with E-state index < -0.39 is 0 Å². The van der Waals surface area contributed by atoms with Crippen LogP contribution in [0.2, 0.25) is 0 Å². The lowest BCUT2D eigenvalue weighted by Crippen LogP contribution is -2.35. The Hall–Kier alpha value is -0.970. The fourth-order valence-corrected chi connectivity index (χ4v) is 1.32. The predicted molar refractivity (Wildman–Crippen MR) is 52.2 cm³/mol. The molecule has 1 atom stereocenters. The first kappa shape index (κ1) is 9.12. The van der Waals surface area contributed by atoms with Crippen molar-refractivity contribution in [2.75, 3.05) is 14.1 Å². The van der Waals surface area contributed by atoms with Crippen LogP contribution in [-0.2, 0) is 0 Å². The quantitative estimate of drug-likeness (QED) is 0.326. The largest absolute Gasteiger partial charge is 0.350 e. The first-order valence-electron chi connectivity index (χ1n) is 4.40. The molecule has 0 N–H and O–H groups in total. The number of rotatable bonds is 1. The first-order valence-corrected chi connectivity index (χ1v) is 4.40. The van der Waals surface area contributed by atoms with Crippen molar-refractivity contribution in [3.05, 3.63) is 0 Å². The summed E-state index contributed by atoms with van der Waals surface area (Å²) in [6.45, 7) is 2.02. The second-order valence-electron chi connectivity index (χ2n) is 3.11. The third-order valence-corrected chi connectivity index (χ3v) is 2.35. The highest BCUT2D eigenvalue weighted by Crippen LogP contribution is 2.10. The van der Waals surface area contributed by atoms with Gasteiger partial charge in [-0.2, -0.15) is 0 Å². The van der Waals surface area contributed by atoms with E-state index in [-0.39, 0.29) is 0 Å². The highest BCUT2D eigenvalue weighted by atomic mass is 15.2. The third-order valence-electron chi connectivity index (χ3n) is 2.35. The van der Waals surface area contributed by atoms with Gasteiger partial charge in [0.1, 0.15) is 0 Å². The van der Waals surface area contributed by atoms with Crippen LogP contribution >= 0.6 is 0 Å². The van der Waals surface area contributed by atoms with Gasteiger partial charge in [0.05, 0.1) is 11.9 Å². The maximum atomic E-state index is 4.14. The number of hydrogen-bond acceptors (Lipinski definition) is 1. The summed E-state index contributed by atoms with van der Waals surface area (Å²) >= 11 is 0.